The molecule has 0 bridgehead atoms. The van der Waals surface area contributed by atoms with E-state index in [-0.39, 0.29) is 12.1 Å². The van der Waals surface area contributed by atoms with Gasteiger partial charge in [-0.3, -0.25) is 9.71 Å². The molecule has 0 saturated carbocycles. The number of sulfonamides is 1. The molecule has 0 aliphatic carbocycles. The zero-order chi connectivity index (χ0) is 24.6. The molecule has 2 N–H and O–H groups in total. The Labute approximate surface area is 210 Å². The van der Waals surface area contributed by atoms with Crippen molar-refractivity contribution in [3.05, 3.63) is 108 Å². The third-order valence-corrected chi connectivity index (χ3v) is 6.89. The van der Waals surface area contributed by atoms with E-state index in [2.05, 4.69) is 55.7 Å². The number of aryl methyl sites for hydroxylation is 1. The Bertz CT molecular complexity index is 1450. The number of pyridine rings is 1. The second-order valence-electron chi connectivity index (χ2n) is 8.49. The highest BCUT2D eigenvalue weighted by molar-refractivity contribution is 7.92. The van der Waals surface area contributed by atoms with Crippen molar-refractivity contribution in [2.45, 2.75) is 19.0 Å². The lowest BCUT2D eigenvalue weighted by molar-refractivity contribution is 0.548. The number of benzene rings is 2. The first-order valence-electron chi connectivity index (χ1n) is 11.1. The van der Waals surface area contributed by atoms with Crippen LogP contribution in [0.15, 0.2) is 91.1 Å². The van der Waals surface area contributed by atoms with Gasteiger partial charge in [0, 0.05) is 34.6 Å². The summed E-state index contributed by atoms with van der Waals surface area (Å²) >= 11 is 5.83. The third-order valence-electron chi connectivity index (χ3n) is 5.97. The molecule has 2 aromatic heterocycles. The number of anilines is 2. The van der Waals surface area contributed by atoms with Crippen molar-refractivity contribution in [1.82, 2.24) is 14.9 Å². The average Bonchev–Trinajstić information content (AvgIpc) is 3.39. The van der Waals surface area contributed by atoms with Gasteiger partial charge >= 0.3 is 0 Å². The van der Waals surface area contributed by atoms with Gasteiger partial charge in [0.25, 0.3) is 0 Å². The molecular formula is C26H25N5O2S2. The van der Waals surface area contributed by atoms with Gasteiger partial charge in [-0.15, -0.1) is 0 Å². The molecule has 178 valence electrons. The summed E-state index contributed by atoms with van der Waals surface area (Å²) in [6.45, 7) is 2.09. The lowest BCUT2D eigenvalue weighted by atomic mass is 10.0. The molecule has 35 heavy (non-hydrogen) atoms. The zero-order valence-electron chi connectivity index (χ0n) is 19.3. The first kappa shape index (κ1) is 23.1. The van der Waals surface area contributed by atoms with Crippen LogP contribution in [0.3, 0.4) is 0 Å². The minimum Gasteiger partial charge on any atom is -0.351 e. The molecule has 3 heterocycles. The molecule has 1 fully saturated rings. The van der Waals surface area contributed by atoms with Gasteiger partial charge in [-0.1, -0.05) is 24.3 Å². The number of hydrogen-bond acceptors (Lipinski definition) is 4. The number of nitrogens with zero attached hydrogens (tertiary/aromatic N) is 3. The molecule has 5 rings (SSSR count). The molecular weight excluding hydrogens is 478 g/mol. The second kappa shape index (κ2) is 9.16. The van der Waals surface area contributed by atoms with E-state index in [1.54, 1.807) is 18.3 Å². The summed E-state index contributed by atoms with van der Waals surface area (Å²) in [5.74, 6) is 0. The van der Waals surface area contributed by atoms with Crippen molar-refractivity contribution in [2.24, 2.45) is 0 Å². The molecule has 1 aliphatic heterocycles. The fourth-order valence-electron chi connectivity index (χ4n) is 4.56. The lowest BCUT2D eigenvalue weighted by Crippen LogP contribution is -2.30. The monoisotopic (exact) mass is 503 g/mol. The van der Waals surface area contributed by atoms with E-state index >= 15 is 0 Å². The van der Waals surface area contributed by atoms with Crippen molar-refractivity contribution in [2.75, 3.05) is 15.9 Å². The Hall–Kier alpha value is -3.69. The van der Waals surface area contributed by atoms with Gasteiger partial charge in [-0.2, -0.15) is 0 Å². The molecule has 1 saturated heterocycles. The van der Waals surface area contributed by atoms with Crippen LogP contribution in [0.1, 0.15) is 29.2 Å². The summed E-state index contributed by atoms with van der Waals surface area (Å²) in [6.07, 6.45) is 2.92. The van der Waals surface area contributed by atoms with Crippen molar-refractivity contribution in [3.8, 4) is 5.69 Å². The highest BCUT2D eigenvalue weighted by atomic mass is 32.2. The van der Waals surface area contributed by atoms with Crippen LogP contribution in [0, 0.1) is 6.92 Å². The number of thiocarbonyl (C=S) groups is 1. The standard InChI is InChI=1S/C26H25N5O2S2/c1-18-11-16-23(30(18)20-8-4-3-5-9-20)25-24(22-10-6-7-17-27-22)28-26(34)31(25)21-14-12-19(13-15-21)29-35(2,32)33/h3-17,24-25,29H,1-2H3,(H,28,34)/t24-,25+/m1/s1. The molecule has 2 atom stereocenters. The number of nitrogens with one attached hydrogen (secondary N) is 2. The van der Waals surface area contributed by atoms with E-state index in [0.29, 0.717) is 10.8 Å². The van der Waals surface area contributed by atoms with E-state index in [1.807, 2.05) is 48.5 Å². The van der Waals surface area contributed by atoms with E-state index in [0.717, 1.165) is 34.7 Å². The summed E-state index contributed by atoms with van der Waals surface area (Å²) in [5, 5.41) is 4.05. The van der Waals surface area contributed by atoms with Gasteiger partial charge in [0.1, 0.15) is 6.04 Å². The normalized spacial score (nSPS) is 17.9. The van der Waals surface area contributed by atoms with Crippen LogP contribution in [-0.2, 0) is 10.0 Å². The fourth-order valence-corrected chi connectivity index (χ4v) is 5.47. The Morgan fingerprint density at radius 3 is 2.29 bits per heavy atom. The first-order valence-corrected chi connectivity index (χ1v) is 13.4. The van der Waals surface area contributed by atoms with Gasteiger partial charge in [-0.25, -0.2) is 8.42 Å². The quantitative estimate of drug-likeness (QED) is 0.371. The van der Waals surface area contributed by atoms with Crippen LogP contribution in [0.2, 0.25) is 0 Å². The van der Waals surface area contributed by atoms with Crippen molar-refractivity contribution < 1.29 is 8.42 Å². The topological polar surface area (TPSA) is 79.3 Å². The van der Waals surface area contributed by atoms with E-state index in [9.17, 15) is 8.42 Å². The predicted molar refractivity (Wildman–Crippen MR) is 143 cm³/mol. The van der Waals surface area contributed by atoms with Gasteiger partial charge < -0.3 is 14.8 Å². The summed E-state index contributed by atoms with van der Waals surface area (Å²) in [5.41, 5.74) is 5.47. The Morgan fingerprint density at radius 2 is 1.63 bits per heavy atom. The third kappa shape index (κ3) is 4.65. The number of para-hydroxylation sites is 1. The van der Waals surface area contributed by atoms with Gasteiger partial charge in [0.2, 0.25) is 10.0 Å². The second-order valence-corrected chi connectivity index (χ2v) is 10.6. The molecule has 0 spiro atoms. The maximum atomic E-state index is 11.6. The molecule has 0 amide bonds. The minimum absolute atomic E-state index is 0.186. The van der Waals surface area contributed by atoms with Crippen LogP contribution in [0.4, 0.5) is 11.4 Å². The van der Waals surface area contributed by atoms with E-state index in [4.69, 9.17) is 12.2 Å². The van der Waals surface area contributed by atoms with Gasteiger partial charge in [-0.05, 0) is 79.8 Å². The fraction of sp³-hybridized carbons (Fsp3) is 0.154. The van der Waals surface area contributed by atoms with Crippen LogP contribution in [-0.4, -0.2) is 29.3 Å². The molecule has 1 aliphatic rings. The predicted octanol–water partition coefficient (Wildman–Crippen LogP) is 4.73. The zero-order valence-corrected chi connectivity index (χ0v) is 20.9. The van der Waals surface area contributed by atoms with Gasteiger partial charge in [0.15, 0.2) is 5.11 Å². The smallest absolute Gasteiger partial charge is 0.229 e. The largest absolute Gasteiger partial charge is 0.351 e. The van der Waals surface area contributed by atoms with Crippen LogP contribution in [0.5, 0.6) is 0 Å². The molecule has 0 unspecified atom stereocenters. The van der Waals surface area contributed by atoms with E-state index < -0.39 is 10.0 Å². The van der Waals surface area contributed by atoms with Crippen LogP contribution in [0.25, 0.3) is 5.69 Å². The highest BCUT2D eigenvalue weighted by Gasteiger charge is 2.42. The molecule has 2 aromatic carbocycles. The average molecular weight is 504 g/mol. The van der Waals surface area contributed by atoms with E-state index in [1.165, 1.54) is 0 Å². The minimum atomic E-state index is -3.37. The number of hydrogen-bond donors (Lipinski definition) is 2. The van der Waals surface area contributed by atoms with Gasteiger partial charge in [0.05, 0.1) is 18.0 Å². The molecule has 0 radical (unpaired) electrons. The summed E-state index contributed by atoms with van der Waals surface area (Å²) in [4.78, 5) is 6.70. The maximum Gasteiger partial charge on any atom is 0.229 e. The lowest BCUT2D eigenvalue weighted by Gasteiger charge is -2.29. The van der Waals surface area contributed by atoms with Crippen LogP contribution >= 0.6 is 12.2 Å². The van der Waals surface area contributed by atoms with Crippen LogP contribution < -0.4 is 14.9 Å². The maximum absolute atomic E-state index is 11.6. The van der Waals surface area contributed by atoms with Crippen molar-refractivity contribution in [1.29, 1.82) is 0 Å². The SMILES string of the molecule is Cc1ccc([C@H]2[C@@H](c3ccccn3)NC(=S)N2c2ccc(NS(C)(=O)=O)cc2)n1-c1ccccc1. The molecule has 9 heteroatoms. The highest BCUT2D eigenvalue weighted by Crippen LogP contribution is 2.43. The Morgan fingerprint density at radius 1 is 0.914 bits per heavy atom. The Balaban J connectivity index is 1.63. The van der Waals surface area contributed by atoms with Crippen molar-refractivity contribution >= 4 is 38.7 Å². The number of aromatic nitrogens is 2. The molecule has 7 nitrogen and oxygen atoms in total. The van der Waals surface area contributed by atoms with Crippen molar-refractivity contribution in [3.63, 3.8) is 0 Å². The summed E-state index contributed by atoms with van der Waals surface area (Å²) < 4.78 is 28.0. The Kier molecular flexibility index (Phi) is 6.04. The first-order chi connectivity index (χ1) is 16.8. The number of rotatable bonds is 6. The molecule has 4 aromatic rings. The summed E-state index contributed by atoms with van der Waals surface area (Å²) in [6, 6.07) is 27.2. The summed E-state index contributed by atoms with van der Waals surface area (Å²) in [7, 11) is -3.37.